The van der Waals surface area contributed by atoms with E-state index < -0.39 is 0 Å². The SMILES string of the molecule is COCCOCC(=O)N1CCC(C(C)Cl)CC1. The van der Waals surface area contributed by atoms with Crippen LogP contribution in [0.4, 0.5) is 0 Å². The van der Waals surface area contributed by atoms with E-state index in [4.69, 9.17) is 21.1 Å². The predicted octanol–water partition coefficient (Wildman–Crippen LogP) is 1.52. The highest BCUT2D eigenvalue weighted by Crippen LogP contribution is 2.23. The molecule has 0 radical (unpaired) electrons. The fraction of sp³-hybridized carbons (Fsp3) is 0.917. The lowest BCUT2D eigenvalue weighted by molar-refractivity contribution is -0.137. The van der Waals surface area contributed by atoms with Crippen molar-refractivity contribution in [3.63, 3.8) is 0 Å². The summed E-state index contributed by atoms with van der Waals surface area (Å²) in [6.45, 7) is 4.78. The normalized spacial score (nSPS) is 19.4. The number of nitrogens with zero attached hydrogens (tertiary/aromatic N) is 1. The van der Waals surface area contributed by atoms with Crippen LogP contribution in [0.1, 0.15) is 19.8 Å². The van der Waals surface area contributed by atoms with E-state index in [1.165, 1.54) is 0 Å². The molecule has 4 nitrogen and oxygen atoms in total. The molecule has 1 unspecified atom stereocenters. The first kappa shape index (κ1) is 14.7. The standard InChI is InChI=1S/C12H22ClNO3/c1-10(13)11-3-5-14(6-4-11)12(15)9-17-8-7-16-2/h10-11H,3-9H2,1-2H3. The van der Waals surface area contributed by atoms with Gasteiger partial charge >= 0.3 is 0 Å². The highest BCUT2D eigenvalue weighted by molar-refractivity contribution is 6.20. The third-order valence-corrected chi connectivity index (χ3v) is 3.56. The van der Waals surface area contributed by atoms with Gasteiger partial charge in [-0.2, -0.15) is 0 Å². The van der Waals surface area contributed by atoms with Gasteiger partial charge < -0.3 is 14.4 Å². The topological polar surface area (TPSA) is 38.8 Å². The molecule has 0 aliphatic carbocycles. The fourth-order valence-electron chi connectivity index (χ4n) is 2.00. The molecule has 0 aromatic carbocycles. The second-order valence-electron chi connectivity index (χ2n) is 4.44. The number of likely N-dealkylation sites (tertiary alicyclic amines) is 1. The maximum absolute atomic E-state index is 11.8. The van der Waals surface area contributed by atoms with Crippen molar-refractivity contribution in [1.29, 1.82) is 0 Å². The van der Waals surface area contributed by atoms with E-state index in [0.29, 0.717) is 19.1 Å². The molecule has 1 aliphatic rings. The average Bonchev–Trinajstić information content (AvgIpc) is 2.34. The van der Waals surface area contributed by atoms with Gasteiger partial charge in [0.15, 0.2) is 0 Å². The number of carbonyl (C=O) groups excluding carboxylic acids is 1. The molecule has 1 saturated heterocycles. The second-order valence-corrected chi connectivity index (χ2v) is 5.13. The van der Waals surface area contributed by atoms with Gasteiger partial charge in [0, 0.05) is 25.6 Å². The monoisotopic (exact) mass is 263 g/mol. The summed E-state index contributed by atoms with van der Waals surface area (Å²) in [6, 6.07) is 0. The number of carbonyl (C=O) groups is 1. The van der Waals surface area contributed by atoms with Crippen LogP contribution in [0.5, 0.6) is 0 Å². The number of amides is 1. The Kier molecular flexibility index (Phi) is 6.85. The summed E-state index contributed by atoms with van der Waals surface area (Å²) in [5.74, 6) is 0.608. The van der Waals surface area contributed by atoms with Gasteiger partial charge in [-0.25, -0.2) is 0 Å². The maximum atomic E-state index is 11.8. The van der Waals surface area contributed by atoms with Crippen LogP contribution in [-0.2, 0) is 14.3 Å². The second kappa shape index (κ2) is 7.90. The van der Waals surface area contributed by atoms with Crippen molar-refractivity contribution in [3.05, 3.63) is 0 Å². The molecule has 17 heavy (non-hydrogen) atoms. The van der Waals surface area contributed by atoms with Crippen LogP contribution in [0.2, 0.25) is 0 Å². The van der Waals surface area contributed by atoms with Crippen molar-refractivity contribution in [2.45, 2.75) is 25.1 Å². The van der Waals surface area contributed by atoms with Crippen LogP contribution in [-0.4, -0.2) is 56.2 Å². The molecule has 100 valence electrons. The molecular weight excluding hydrogens is 242 g/mol. The largest absolute Gasteiger partial charge is 0.382 e. The van der Waals surface area contributed by atoms with Gasteiger partial charge in [-0.3, -0.25) is 4.79 Å². The summed E-state index contributed by atoms with van der Waals surface area (Å²) in [6.07, 6.45) is 1.99. The number of methoxy groups -OCH3 is 1. The Bertz CT molecular complexity index is 228. The zero-order valence-corrected chi connectivity index (χ0v) is 11.4. The van der Waals surface area contributed by atoms with Crippen molar-refractivity contribution < 1.29 is 14.3 Å². The molecule has 1 amide bonds. The van der Waals surface area contributed by atoms with Crippen LogP contribution in [0.15, 0.2) is 0 Å². The Labute approximate surface area is 108 Å². The lowest BCUT2D eigenvalue weighted by atomic mass is 9.94. The molecule has 0 spiro atoms. The molecule has 1 heterocycles. The van der Waals surface area contributed by atoms with Gasteiger partial charge in [-0.15, -0.1) is 11.6 Å². The molecule has 1 atom stereocenters. The molecule has 0 saturated carbocycles. The minimum atomic E-state index is 0.0711. The van der Waals surface area contributed by atoms with Crippen LogP contribution >= 0.6 is 11.6 Å². The van der Waals surface area contributed by atoms with E-state index in [2.05, 4.69) is 0 Å². The molecular formula is C12H22ClNO3. The summed E-state index contributed by atoms with van der Waals surface area (Å²) in [5.41, 5.74) is 0. The molecule has 5 heteroatoms. The lowest BCUT2D eigenvalue weighted by Crippen LogP contribution is -2.41. The number of hydrogen-bond donors (Lipinski definition) is 0. The highest BCUT2D eigenvalue weighted by atomic mass is 35.5. The van der Waals surface area contributed by atoms with Gasteiger partial charge in [0.05, 0.1) is 13.2 Å². The smallest absolute Gasteiger partial charge is 0.248 e. The first-order valence-corrected chi connectivity index (χ1v) is 6.57. The van der Waals surface area contributed by atoms with Crippen molar-refractivity contribution >= 4 is 17.5 Å². The van der Waals surface area contributed by atoms with E-state index in [0.717, 1.165) is 25.9 Å². The van der Waals surface area contributed by atoms with Crippen molar-refractivity contribution in [2.75, 3.05) is 40.0 Å². The van der Waals surface area contributed by atoms with Crippen LogP contribution in [0.25, 0.3) is 0 Å². The Morgan fingerprint density at radius 1 is 1.41 bits per heavy atom. The zero-order valence-electron chi connectivity index (χ0n) is 10.7. The predicted molar refractivity (Wildman–Crippen MR) is 67.3 cm³/mol. The van der Waals surface area contributed by atoms with Gasteiger partial charge in [0.2, 0.25) is 5.91 Å². The molecule has 0 bridgehead atoms. The number of halogens is 1. The van der Waals surface area contributed by atoms with E-state index >= 15 is 0 Å². The first-order chi connectivity index (χ1) is 8.15. The Morgan fingerprint density at radius 3 is 2.59 bits per heavy atom. The van der Waals surface area contributed by atoms with Gasteiger partial charge in [-0.1, -0.05) is 0 Å². The molecule has 1 rings (SSSR count). The maximum Gasteiger partial charge on any atom is 0.248 e. The summed E-state index contributed by atoms with van der Waals surface area (Å²) >= 11 is 6.06. The average molecular weight is 264 g/mol. The molecule has 1 aliphatic heterocycles. The van der Waals surface area contributed by atoms with E-state index in [1.54, 1.807) is 7.11 Å². The fourth-order valence-corrected chi connectivity index (χ4v) is 2.25. The Hall–Kier alpha value is -0.320. The molecule has 0 aromatic heterocycles. The van der Waals surface area contributed by atoms with E-state index in [1.807, 2.05) is 11.8 Å². The summed E-state index contributed by atoms with van der Waals surface area (Å²) in [5, 5.41) is 0.199. The zero-order chi connectivity index (χ0) is 12.7. The quantitative estimate of drug-likeness (QED) is 0.539. The van der Waals surface area contributed by atoms with Gasteiger partial charge in [-0.05, 0) is 25.7 Å². The minimum absolute atomic E-state index is 0.0711. The van der Waals surface area contributed by atoms with Gasteiger partial charge in [0.1, 0.15) is 6.61 Å². The third-order valence-electron chi connectivity index (χ3n) is 3.20. The summed E-state index contributed by atoms with van der Waals surface area (Å²) in [7, 11) is 1.61. The highest BCUT2D eigenvalue weighted by Gasteiger charge is 2.25. The summed E-state index contributed by atoms with van der Waals surface area (Å²) < 4.78 is 10.1. The Balaban J connectivity index is 2.17. The Morgan fingerprint density at radius 2 is 2.06 bits per heavy atom. The lowest BCUT2D eigenvalue weighted by Gasteiger charge is -2.33. The van der Waals surface area contributed by atoms with Crippen molar-refractivity contribution in [2.24, 2.45) is 5.92 Å². The number of rotatable bonds is 6. The van der Waals surface area contributed by atoms with Gasteiger partial charge in [0.25, 0.3) is 0 Å². The van der Waals surface area contributed by atoms with Crippen molar-refractivity contribution in [1.82, 2.24) is 4.90 Å². The first-order valence-electron chi connectivity index (χ1n) is 6.13. The van der Waals surface area contributed by atoms with Crippen molar-refractivity contribution in [3.8, 4) is 0 Å². The van der Waals surface area contributed by atoms with Crippen LogP contribution in [0.3, 0.4) is 0 Å². The van der Waals surface area contributed by atoms with Crippen LogP contribution in [0, 0.1) is 5.92 Å². The van der Waals surface area contributed by atoms with Crippen LogP contribution < -0.4 is 0 Å². The number of alkyl halides is 1. The van der Waals surface area contributed by atoms with E-state index in [-0.39, 0.29) is 17.9 Å². The third kappa shape index (κ3) is 5.23. The minimum Gasteiger partial charge on any atom is -0.382 e. The molecule has 0 N–H and O–H groups in total. The number of hydrogen-bond acceptors (Lipinski definition) is 3. The molecule has 0 aromatic rings. The van der Waals surface area contributed by atoms with E-state index in [9.17, 15) is 4.79 Å². The number of ether oxygens (including phenoxy) is 2. The summed E-state index contributed by atoms with van der Waals surface area (Å²) in [4.78, 5) is 13.6. The number of piperidine rings is 1. The molecule has 1 fully saturated rings.